The fraction of sp³-hybridized carbons (Fsp3) is 0.556. The molecule has 1 atom stereocenters. The fourth-order valence-electron chi connectivity index (χ4n) is 2.93. The van der Waals surface area contributed by atoms with E-state index in [0.717, 1.165) is 18.4 Å². The molecule has 1 saturated heterocycles. The van der Waals surface area contributed by atoms with E-state index in [9.17, 15) is 9.59 Å². The van der Waals surface area contributed by atoms with Crippen LogP contribution in [-0.4, -0.2) is 36.0 Å². The molecule has 2 N–H and O–H groups in total. The van der Waals surface area contributed by atoms with Crippen molar-refractivity contribution in [2.45, 2.75) is 46.2 Å². The van der Waals surface area contributed by atoms with Gasteiger partial charge in [-0.3, -0.25) is 4.79 Å². The Morgan fingerprint density at radius 2 is 1.96 bits per heavy atom. The van der Waals surface area contributed by atoms with E-state index in [0.29, 0.717) is 19.6 Å². The van der Waals surface area contributed by atoms with E-state index in [-0.39, 0.29) is 18.0 Å². The molecule has 0 saturated carbocycles. The Kier molecular flexibility index (Phi) is 5.64. The third-order valence-corrected chi connectivity index (χ3v) is 4.24. The monoisotopic (exact) mass is 317 g/mol. The Labute approximate surface area is 138 Å². The molecule has 0 bridgehead atoms. The van der Waals surface area contributed by atoms with Crippen LogP contribution in [0.15, 0.2) is 30.3 Å². The highest BCUT2D eigenvalue weighted by Gasteiger charge is 2.39. The molecule has 1 unspecified atom stereocenters. The molecule has 0 spiro atoms. The van der Waals surface area contributed by atoms with Crippen LogP contribution in [0.4, 0.5) is 4.79 Å². The molecule has 1 aromatic carbocycles. The van der Waals surface area contributed by atoms with Crippen molar-refractivity contribution in [2.75, 3.05) is 13.1 Å². The van der Waals surface area contributed by atoms with Gasteiger partial charge < -0.3 is 15.5 Å². The third kappa shape index (κ3) is 4.71. The summed E-state index contributed by atoms with van der Waals surface area (Å²) in [6, 6.07) is 9.88. The van der Waals surface area contributed by atoms with E-state index in [4.69, 9.17) is 0 Å². The summed E-state index contributed by atoms with van der Waals surface area (Å²) >= 11 is 0. The zero-order valence-electron chi connectivity index (χ0n) is 14.3. The molecular formula is C18H27N3O2. The number of nitrogens with zero attached hydrogens (tertiary/aromatic N) is 1. The number of piperidine rings is 1. The van der Waals surface area contributed by atoms with E-state index < -0.39 is 5.41 Å². The Balaban J connectivity index is 1.94. The van der Waals surface area contributed by atoms with Gasteiger partial charge in [0.2, 0.25) is 5.91 Å². The van der Waals surface area contributed by atoms with Crippen molar-refractivity contribution in [3.05, 3.63) is 35.9 Å². The first kappa shape index (κ1) is 17.3. The predicted molar refractivity (Wildman–Crippen MR) is 90.9 cm³/mol. The molecule has 1 aliphatic rings. The van der Waals surface area contributed by atoms with Crippen molar-refractivity contribution in [3.63, 3.8) is 0 Å². The van der Waals surface area contributed by atoms with Gasteiger partial charge in [0.15, 0.2) is 0 Å². The number of rotatable bonds is 4. The van der Waals surface area contributed by atoms with Crippen LogP contribution in [0.25, 0.3) is 0 Å². The van der Waals surface area contributed by atoms with Gasteiger partial charge in [0.05, 0.1) is 5.41 Å². The van der Waals surface area contributed by atoms with Gasteiger partial charge in [-0.15, -0.1) is 0 Å². The molecule has 0 aromatic heterocycles. The fourth-order valence-corrected chi connectivity index (χ4v) is 2.93. The first-order valence-corrected chi connectivity index (χ1v) is 8.28. The van der Waals surface area contributed by atoms with Gasteiger partial charge in [0, 0.05) is 25.7 Å². The average molecular weight is 317 g/mol. The molecule has 0 aliphatic carbocycles. The van der Waals surface area contributed by atoms with Crippen molar-refractivity contribution < 1.29 is 9.59 Å². The quantitative estimate of drug-likeness (QED) is 0.896. The summed E-state index contributed by atoms with van der Waals surface area (Å²) in [5.41, 5.74) is 0.552. The smallest absolute Gasteiger partial charge is 0.317 e. The Morgan fingerprint density at radius 1 is 1.26 bits per heavy atom. The second-order valence-electron chi connectivity index (χ2n) is 6.86. The van der Waals surface area contributed by atoms with Crippen molar-refractivity contribution in [2.24, 2.45) is 5.41 Å². The van der Waals surface area contributed by atoms with Crippen LogP contribution in [0.1, 0.15) is 39.2 Å². The molecular weight excluding hydrogens is 290 g/mol. The lowest BCUT2D eigenvalue weighted by molar-refractivity contribution is -0.132. The van der Waals surface area contributed by atoms with Crippen LogP contribution in [0.2, 0.25) is 0 Å². The number of hydrogen-bond donors (Lipinski definition) is 2. The van der Waals surface area contributed by atoms with Crippen LogP contribution in [-0.2, 0) is 11.3 Å². The maximum absolute atomic E-state index is 12.6. The normalized spacial score (nSPS) is 21.1. The molecule has 5 heteroatoms. The minimum atomic E-state index is -0.526. The van der Waals surface area contributed by atoms with Crippen LogP contribution in [0.5, 0.6) is 0 Å². The highest BCUT2D eigenvalue weighted by atomic mass is 16.2. The number of amides is 3. The van der Waals surface area contributed by atoms with Crippen LogP contribution >= 0.6 is 0 Å². The summed E-state index contributed by atoms with van der Waals surface area (Å²) in [5, 5.41) is 5.91. The highest BCUT2D eigenvalue weighted by Crippen LogP contribution is 2.29. The van der Waals surface area contributed by atoms with Gasteiger partial charge in [-0.25, -0.2) is 4.79 Å². The second kappa shape index (κ2) is 7.49. The zero-order chi connectivity index (χ0) is 16.9. The third-order valence-electron chi connectivity index (χ3n) is 4.24. The number of benzene rings is 1. The van der Waals surface area contributed by atoms with Gasteiger partial charge in [0.1, 0.15) is 0 Å². The lowest BCUT2D eigenvalue weighted by atomic mass is 9.81. The summed E-state index contributed by atoms with van der Waals surface area (Å²) in [5.74, 6) is 0.0170. The highest BCUT2D eigenvalue weighted by molar-refractivity contribution is 5.84. The number of hydrogen-bond acceptors (Lipinski definition) is 2. The number of carbonyl (C=O) groups is 2. The molecule has 1 heterocycles. The van der Waals surface area contributed by atoms with Crippen LogP contribution in [0.3, 0.4) is 0 Å². The lowest BCUT2D eigenvalue weighted by Crippen LogP contribution is -2.54. The van der Waals surface area contributed by atoms with Gasteiger partial charge in [-0.05, 0) is 39.2 Å². The summed E-state index contributed by atoms with van der Waals surface area (Å²) in [6.45, 7) is 7.52. The van der Waals surface area contributed by atoms with Crippen molar-refractivity contribution in [1.29, 1.82) is 0 Å². The topological polar surface area (TPSA) is 61.4 Å². The van der Waals surface area contributed by atoms with E-state index in [1.807, 2.05) is 51.1 Å². The molecule has 1 fully saturated rings. The number of nitrogens with one attached hydrogen (secondary N) is 2. The van der Waals surface area contributed by atoms with Gasteiger partial charge >= 0.3 is 6.03 Å². The van der Waals surface area contributed by atoms with Gasteiger partial charge in [0.25, 0.3) is 0 Å². The second-order valence-corrected chi connectivity index (χ2v) is 6.86. The zero-order valence-corrected chi connectivity index (χ0v) is 14.3. The first-order valence-electron chi connectivity index (χ1n) is 8.28. The molecule has 23 heavy (non-hydrogen) atoms. The summed E-state index contributed by atoms with van der Waals surface area (Å²) in [6.07, 6.45) is 1.65. The molecule has 3 amide bonds. The minimum Gasteiger partial charge on any atom is -0.351 e. The minimum absolute atomic E-state index is 0.0170. The molecule has 5 nitrogen and oxygen atoms in total. The first-order chi connectivity index (χ1) is 10.9. The van der Waals surface area contributed by atoms with Crippen LogP contribution < -0.4 is 10.6 Å². The maximum atomic E-state index is 12.6. The maximum Gasteiger partial charge on any atom is 0.317 e. The Morgan fingerprint density at radius 3 is 2.61 bits per heavy atom. The van der Waals surface area contributed by atoms with E-state index in [1.165, 1.54) is 0 Å². The predicted octanol–water partition coefficient (Wildman–Crippen LogP) is 2.52. The van der Waals surface area contributed by atoms with Gasteiger partial charge in [-0.2, -0.15) is 0 Å². The summed E-state index contributed by atoms with van der Waals surface area (Å²) < 4.78 is 0. The van der Waals surface area contributed by atoms with E-state index in [2.05, 4.69) is 10.6 Å². The molecule has 2 rings (SSSR count). The average Bonchev–Trinajstić information content (AvgIpc) is 2.53. The SMILES string of the molecule is CC(C)NC(=O)N1CCCC(C)(C(=O)NCc2ccccc2)C1. The summed E-state index contributed by atoms with van der Waals surface area (Å²) in [7, 11) is 0. The van der Waals surface area contributed by atoms with E-state index in [1.54, 1.807) is 4.90 Å². The number of likely N-dealkylation sites (tertiary alicyclic amines) is 1. The molecule has 1 aliphatic heterocycles. The summed E-state index contributed by atoms with van der Waals surface area (Å²) in [4.78, 5) is 26.6. The molecule has 1 aromatic rings. The number of carbonyl (C=O) groups excluding carboxylic acids is 2. The van der Waals surface area contributed by atoms with Crippen molar-refractivity contribution in [3.8, 4) is 0 Å². The number of urea groups is 1. The van der Waals surface area contributed by atoms with Crippen LogP contribution in [0, 0.1) is 5.41 Å². The van der Waals surface area contributed by atoms with Crippen molar-refractivity contribution >= 4 is 11.9 Å². The molecule has 126 valence electrons. The Bertz CT molecular complexity index is 544. The standard InChI is InChI=1S/C18H27N3O2/c1-14(2)20-17(23)21-11-7-10-18(3,13-21)16(22)19-12-15-8-5-4-6-9-15/h4-6,8-9,14H,7,10-13H2,1-3H3,(H,19,22)(H,20,23). The Hall–Kier alpha value is -2.04. The van der Waals surface area contributed by atoms with E-state index >= 15 is 0 Å². The van der Waals surface area contributed by atoms with Gasteiger partial charge in [-0.1, -0.05) is 30.3 Å². The largest absolute Gasteiger partial charge is 0.351 e. The van der Waals surface area contributed by atoms with Crippen molar-refractivity contribution in [1.82, 2.24) is 15.5 Å². The lowest BCUT2D eigenvalue weighted by Gasteiger charge is -2.39. The molecule has 0 radical (unpaired) electrons.